The van der Waals surface area contributed by atoms with E-state index in [1.165, 1.54) is 29.4 Å². The molecule has 8 heteroatoms. The Morgan fingerprint density at radius 3 is 3.24 bits per heavy atom. The molecule has 0 bridgehead atoms. The summed E-state index contributed by atoms with van der Waals surface area (Å²) in [5, 5.41) is 0. The highest BCUT2D eigenvalue weighted by Gasteiger charge is 2.25. The van der Waals surface area contributed by atoms with Crippen molar-refractivity contribution in [3.05, 3.63) is 19.7 Å². The van der Waals surface area contributed by atoms with Gasteiger partial charge in [0, 0.05) is 12.7 Å². The van der Waals surface area contributed by atoms with Crippen LogP contribution in [-0.2, 0) is 20.9 Å². The zero-order valence-corrected chi connectivity index (χ0v) is 12.6. The van der Waals surface area contributed by atoms with Crippen LogP contribution in [-0.4, -0.2) is 43.6 Å². The second-order valence-corrected chi connectivity index (χ2v) is 6.22. The van der Waals surface area contributed by atoms with Crippen LogP contribution < -0.4 is 19.8 Å². The van der Waals surface area contributed by atoms with Crippen molar-refractivity contribution < 1.29 is 19.2 Å². The van der Waals surface area contributed by atoms with Crippen LogP contribution >= 0.6 is 11.3 Å². The lowest BCUT2D eigenvalue weighted by Gasteiger charge is -2.22. The smallest absolute Gasteiger partial charge is 0.332 e. The second kappa shape index (κ2) is 6.08. The summed E-state index contributed by atoms with van der Waals surface area (Å²) in [6.45, 7) is 2.90. The SMILES string of the molecule is COC(=O)/C=c1\sc2n(c1=O)C[NH+](C[C@H]1CCCO1)CN=2. The highest BCUT2D eigenvalue weighted by molar-refractivity contribution is 7.07. The predicted octanol–water partition coefficient (Wildman–Crippen LogP) is -2.52. The summed E-state index contributed by atoms with van der Waals surface area (Å²) in [7, 11) is 1.29. The average Bonchev–Trinajstić information content (AvgIpc) is 3.09. The molecule has 1 saturated heterocycles. The molecule has 3 rings (SSSR count). The Bertz CT molecular complexity index is 702. The number of carbonyl (C=O) groups excluding carboxylic acids is 1. The fourth-order valence-electron chi connectivity index (χ4n) is 2.64. The van der Waals surface area contributed by atoms with Crippen molar-refractivity contribution in [3.63, 3.8) is 0 Å². The van der Waals surface area contributed by atoms with Gasteiger partial charge >= 0.3 is 5.97 Å². The Labute approximate surface area is 125 Å². The summed E-state index contributed by atoms with van der Waals surface area (Å²) in [5.41, 5.74) is -0.173. The Hall–Kier alpha value is -1.51. The number of methoxy groups -OCH3 is 1. The number of aromatic nitrogens is 1. The van der Waals surface area contributed by atoms with Gasteiger partial charge in [0.2, 0.25) is 0 Å². The number of nitrogens with one attached hydrogen (secondary N) is 1. The zero-order valence-electron chi connectivity index (χ0n) is 11.8. The average molecular weight is 312 g/mol. The monoisotopic (exact) mass is 312 g/mol. The minimum atomic E-state index is -0.519. The molecule has 1 aromatic rings. The largest absolute Gasteiger partial charge is 0.466 e. The molecule has 0 aliphatic carbocycles. The van der Waals surface area contributed by atoms with Gasteiger partial charge in [-0.05, 0) is 12.8 Å². The first kappa shape index (κ1) is 14.4. The lowest BCUT2D eigenvalue weighted by Crippen LogP contribution is -3.13. The first-order chi connectivity index (χ1) is 10.2. The third-order valence-electron chi connectivity index (χ3n) is 3.70. The molecular weight excluding hydrogens is 294 g/mol. The minimum absolute atomic E-state index is 0.173. The summed E-state index contributed by atoms with van der Waals surface area (Å²) in [6.07, 6.45) is 3.69. The van der Waals surface area contributed by atoms with E-state index in [4.69, 9.17) is 4.74 Å². The molecule has 114 valence electrons. The number of hydrogen-bond acceptors (Lipinski definition) is 6. The zero-order chi connectivity index (χ0) is 14.8. The van der Waals surface area contributed by atoms with Crippen LogP contribution in [0.1, 0.15) is 12.8 Å². The maximum Gasteiger partial charge on any atom is 0.332 e. The molecule has 0 aromatic carbocycles. The number of rotatable bonds is 3. The maximum absolute atomic E-state index is 12.3. The van der Waals surface area contributed by atoms with Crippen molar-refractivity contribution in [1.82, 2.24) is 4.57 Å². The van der Waals surface area contributed by atoms with E-state index in [-0.39, 0.29) is 11.7 Å². The minimum Gasteiger partial charge on any atom is -0.466 e. The van der Waals surface area contributed by atoms with E-state index >= 15 is 0 Å². The molecule has 1 N–H and O–H groups in total. The Morgan fingerprint density at radius 1 is 1.67 bits per heavy atom. The van der Waals surface area contributed by atoms with Crippen molar-refractivity contribution in [2.75, 3.05) is 26.9 Å². The Morgan fingerprint density at radius 2 is 2.52 bits per heavy atom. The summed E-state index contributed by atoms with van der Waals surface area (Å²) < 4.78 is 12.2. The standard InChI is InChI=1S/C13H17N3O4S/c1-19-11(17)5-10-12(18)16-8-15(7-14-13(16)21-10)6-9-3-2-4-20-9/h5,9H,2-4,6-8H2,1H3/p+1/b10-5-/t9-/m1/s1. The van der Waals surface area contributed by atoms with Gasteiger partial charge in [-0.2, -0.15) is 0 Å². The lowest BCUT2D eigenvalue weighted by atomic mass is 10.2. The van der Waals surface area contributed by atoms with Crippen LogP contribution in [0.2, 0.25) is 0 Å². The number of hydrogen-bond donors (Lipinski definition) is 1. The molecule has 1 aromatic heterocycles. The van der Waals surface area contributed by atoms with Crippen LogP contribution in [0.4, 0.5) is 0 Å². The number of ether oxygens (including phenoxy) is 2. The van der Waals surface area contributed by atoms with Gasteiger partial charge in [-0.1, -0.05) is 11.3 Å². The number of thiazole rings is 1. The van der Waals surface area contributed by atoms with Crippen molar-refractivity contribution in [3.8, 4) is 0 Å². The van der Waals surface area contributed by atoms with Gasteiger partial charge in [0.25, 0.3) is 5.56 Å². The summed E-state index contributed by atoms with van der Waals surface area (Å²) in [4.78, 5) is 29.9. The van der Waals surface area contributed by atoms with Crippen LogP contribution in [0.15, 0.2) is 9.79 Å². The van der Waals surface area contributed by atoms with E-state index < -0.39 is 5.97 Å². The van der Waals surface area contributed by atoms with Crippen molar-refractivity contribution in [2.45, 2.75) is 25.6 Å². The Balaban J connectivity index is 1.81. The lowest BCUT2D eigenvalue weighted by molar-refractivity contribution is -0.927. The normalized spacial score (nSPS) is 25.5. The van der Waals surface area contributed by atoms with Gasteiger partial charge in [-0.15, -0.1) is 0 Å². The first-order valence-corrected chi connectivity index (χ1v) is 7.78. The fraction of sp³-hybridized carbons (Fsp3) is 0.615. The number of nitrogens with zero attached hydrogens (tertiary/aromatic N) is 2. The fourth-order valence-corrected chi connectivity index (χ4v) is 3.58. The molecule has 21 heavy (non-hydrogen) atoms. The van der Waals surface area contributed by atoms with Gasteiger partial charge in [-0.25, -0.2) is 14.4 Å². The predicted molar refractivity (Wildman–Crippen MR) is 75.5 cm³/mol. The van der Waals surface area contributed by atoms with E-state index in [2.05, 4.69) is 9.73 Å². The number of carbonyl (C=O) groups is 1. The van der Waals surface area contributed by atoms with E-state index in [1.807, 2.05) is 0 Å². The summed E-state index contributed by atoms with van der Waals surface area (Å²) in [6, 6.07) is 0. The highest BCUT2D eigenvalue weighted by Crippen LogP contribution is 2.09. The van der Waals surface area contributed by atoms with Gasteiger partial charge in [0.15, 0.2) is 18.1 Å². The van der Waals surface area contributed by atoms with Crippen molar-refractivity contribution in [2.24, 2.45) is 4.99 Å². The third-order valence-corrected chi connectivity index (χ3v) is 4.74. The molecule has 2 aliphatic rings. The molecule has 7 nitrogen and oxygen atoms in total. The first-order valence-electron chi connectivity index (χ1n) is 6.96. The van der Waals surface area contributed by atoms with E-state index in [1.54, 1.807) is 4.57 Å². The maximum atomic E-state index is 12.3. The molecule has 1 fully saturated rings. The molecule has 1 unspecified atom stereocenters. The number of fused-ring (bicyclic) bond motifs is 1. The second-order valence-electron chi connectivity index (χ2n) is 5.21. The number of esters is 1. The Kier molecular flexibility index (Phi) is 4.18. The molecule has 2 aliphatic heterocycles. The van der Waals surface area contributed by atoms with Gasteiger partial charge < -0.3 is 9.47 Å². The molecule has 0 amide bonds. The molecule has 0 spiro atoms. The topological polar surface area (TPSA) is 74.3 Å². The van der Waals surface area contributed by atoms with Crippen LogP contribution in [0.5, 0.6) is 0 Å². The summed E-state index contributed by atoms with van der Waals surface area (Å²) >= 11 is 1.23. The van der Waals surface area contributed by atoms with Crippen LogP contribution in [0.25, 0.3) is 6.08 Å². The molecule has 0 saturated carbocycles. The van der Waals surface area contributed by atoms with Gasteiger partial charge in [0.05, 0.1) is 7.11 Å². The van der Waals surface area contributed by atoms with Gasteiger partial charge in [-0.3, -0.25) is 9.69 Å². The van der Waals surface area contributed by atoms with E-state index in [0.29, 0.717) is 22.7 Å². The van der Waals surface area contributed by atoms with Crippen LogP contribution in [0, 0.1) is 0 Å². The van der Waals surface area contributed by atoms with Crippen molar-refractivity contribution >= 4 is 23.4 Å². The molecule has 2 atom stereocenters. The van der Waals surface area contributed by atoms with Crippen molar-refractivity contribution in [1.29, 1.82) is 0 Å². The van der Waals surface area contributed by atoms with Gasteiger partial charge in [0.1, 0.15) is 17.2 Å². The molecule has 0 radical (unpaired) electrons. The van der Waals surface area contributed by atoms with E-state index in [9.17, 15) is 9.59 Å². The molecule has 3 heterocycles. The third kappa shape index (κ3) is 3.07. The van der Waals surface area contributed by atoms with Crippen LogP contribution in [0.3, 0.4) is 0 Å². The summed E-state index contributed by atoms with van der Waals surface area (Å²) in [5.74, 6) is -0.519. The number of quaternary nitrogens is 1. The van der Waals surface area contributed by atoms with E-state index in [0.717, 1.165) is 26.0 Å². The quantitative estimate of drug-likeness (QED) is 0.625. The molecular formula is C13H18N3O4S+. The highest BCUT2D eigenvalue weighted by atomic mass is 32.1.